The Morgan fingerprint density at radius 3 is 2.69 bits per heavy atom. The summed E-state index contributed by atoms with van der Waals surface area (Å²) in [6.45, 7) is 3.24. The number of esters is 1. The minimum absolute atomic E-state index is 0.0155. The number of fused-ring (bicyclic) bond motifs is 1. The van der Waals surface area contributed by atoms with Crippen molar-refractivity contribution in [3.05, 3.63) is 74.9 Å². The van der Waals surface area contributed by atoms with Crippen LogP contribution in [0, 0.1) is 22.0 Å². The molecule has 2 aromatic carbocycles. The van der Waals surface area contributed by atoms with E-state index in [1.54, 1.807) is 12.1 Å². The van der Waals surface area contributed by atoms with Crippen molar-refractivity contribution in [1.29, 1.82) is 0 Å². The van der Waals surface area contributed by atoms with Crippen LogP contribution in [0.3, 0.4) is 0 Å². The Labute approximate surface area is 250 Å². The quantitative estimate of drug-likeness (QED) is 0.183. The summed E-state index contributed by atoms with van der Waals surface area (Å²) in [5.41, 5.74) is 2.12. The number of amides is 1. The predicted octanol–water partition coefficient (Wildman–Crippen LogP) is 5.91. The van der Waals surface area contributed by atoms with Crippen LogP contribution in [0.25, 0.3) is 10.9 Å². The molecule has 3 aliphatic heterocycles. The third kappa shape index (κ3) is 5.52. The highest BCUT2D eigenvalue weighted by atomic mass is 35.5. The Kier molecular flexibility index (Phi) is 8.23. The van der Waals surface area contributed by atoms with Crippen molar-refractivity contribution in [3.8, 4) is 0 Å². The summed E-state index contributed by atoms with van der Waals surface area (Å²) >= 11 is 6.41. The first kappa shape index (κ1) is 28.7. The number of halogens is 1. The smallest absolute Gasteiger partial charge is 0.305 e. The van der Waals surface area contributed by atoms with E-state index < -0.39 is 4.92 Å². The van der Waals surface area contributed by atoms with Crippen molar-refractivity contribution in [2.45, 2.75) is 63.6 Å². The van der Waals surface area contributed by atoms with E-state index in [9.17, 15) is 19.7 Å². The first-order chi connectivity index (χ1) is 20.3. The lowest BCUT2D eigenvalue weighted by Crippen LogP contribution is -2.65. The third-order valence-corrected chi connectivity index (χ3v) is 9.82. The average Bonchev–Trinajstić information content (AvgIpc) is 3.34. The minimum atomic E-state index is -0.402. The van der Waals surface area contributed by atoms with Crippen LogP contribution >= 0.6 is 11.6 Å². The molecule has 0 saturated carbocycles. The van der Waals surface area contributed by atoms with Gasteiger partial charge < -0.3 is 14.2 Å². The molecular weight excluding hydrogens is 556 g/mol. The highest BCUT2D eigenvalue weighted by Crippen LogP contribution is 2.44. The fourth-order valence-electron chi connectivity index (χ4n) is 7.83. The number of carbonyl (C=O) groups excluding carboxylic acids is 2. The lowest BCUT2D eigenvalue weighted by atomic mass is 9.69. The van der Waals surface area contributed by atoms with E-state index in [0.717, 1.165) is 61.7 Å². The van der Waals surface area contributed by atoms with Crippen LogP contribution < -0.4 is 0 Å². The summed E-state index contributed by atoms with van der Waals surface area (Å²) < 4.78 is 6.86. The fraction of sp³-hybridized carbons (Fsp3) is 0.500. The Morgan fingerprint density at radius 1 is 1.10 bits per heavy atom. The summed E-state index contributed by atoms with van der Waals surface area (Å²) in [6, 6.07) is 14.6. The zero-order valence-corrected chi connectivity index (χ0v) is 24.7. The van der Waals surface area contributed by atoms with E-state index in [4.69, 9.17) is 16.3 Å². The van der Waals surface area contributed by atoms with Gasteiger partial charge >= 0.3 is 5.97 Å². The largest absolute Gasteiger partial charge is 0.469 e. The number of carbonyl (C=O) groups is 2. The van der Waals surface area contributed by atoms with E-state index in [-0.39, 0.29) is 23.6 Å². The number of aromatic nitrogens is 1. The zero-order chi connectivity index (χ0) is 29.4. The van der Waals surface area contributed by atoms with Crippen molar-refractivity contribution < 1.29 is 19.2 Å². The van der Waals surface area contributed by atoms with Gasteiger partial charge in [0.15, 0.2) is 0 Å². The van der Waals surface area contributed by atoms with Gasteiger partial charge in [-0.25, -0.2) is 0 Å². The first-order valence-corrected chi connectivity index (χ1v) is 15.4. The van der Waals surface area contributed by atoms with Crippen LogP contribution in [0.2, 0.25) is 5.02 Å². The topological polar surface area (TPSA) is 97.9 Å². The van der Waals surface area contributed by atoms with Crippen LogP contribution in [-0.2, 0) is 16.1 Å². The van der Waals surface area contributed by atoms with E-state index in [2.05, 4.69) is 9.80 Å². The number of nitro benzene ring substituents is 1. The molecule has 0 N–H and O–H groups in total. The maximum absolute atomic E-state index is 14.7. The van der Waals surface area contributed by atoms with Crippen LogP contribution in [0.15, 0.2) is 48.5 Å². The second kappa shape index (κ2) is 12.1. The molecule has 3 saturated heterocycles. The summed E-state index contributed by atoms with van der Waals surface area (Å²) in [7, 11) is 1.41. The standard InChI is InChI=1S/C32H37ClN4O5/c1-42-30(38)11-3-10-27-26-9-5-15-34-14-4-7-23(31(26)34)20-36(27)32(39)29-17-22-12-13-24(33)18-28(22)35(29)19-21-6-2-8-25(16-21)37(40)41/h2,6,8,12-13,16-18,23,26-27,31H,3-5,7,9-11,14-15,19-20H2,1H3/t23-,26+,27+,31-/m0/s1. The van der Waals surface area contributed by atoms with Crippen LogP contribution in [0.5, 0.6) is 0 Å². The molecule has 222 valence electrons. The second-order valence-corrected chi connectivity index (χ2v) is 12.4. The molecule has 9 nitrogen and oxygen atoms in total. The highest BCUT2D eigenvalue weighted by molar-refractivity contribution is 6.31. The highest BCUT2D eigenvalue weighted by Gasteiger charge is 2.49. The van der Waals surface area contributed by atoms with E-state index >= 15 is 0 Å². The number of hydrogen-bond acceptors (Lipinski definition) is 6. The number of piperidine rings is 3. The molecule has 3 aliphatic rings. The zero-order valence-electron chi connectivity index (χ0n) is 23.9. The van der Waals surface area contributed by atoms with Gasteiger partial charge in [-0.3, -0.25) is 24.6 Å². The van der Waals surface area contributed by atoms with Crippen LogP contribution in [-0.4, -0.2) is 70.0 Å². The number of hydrogen-bond donors (Lipinski definition) is 0. The molecule has 0 unspecified atom stereocenters. The molecule has 3 aromatic rings. The monoisotopic (exact) mass is 592 g/mol. The first-order valence-electron chi connectivity index (χ1n) is 15.0. The number of rotatable bonds is 8. The summed E-state index contributed by atoms with van der Waals surface area (Å²) in [4.78, 5) is 42.5. The molecular formula is C32H37ClN4O5. The Bertz CT molecular complexity index is 1500. The van der Waals surface area contributed by atoms with Crippen molar-refractivity contribution in [2.75, 3.05) is 26.7 Å². The van der Waals surface area contributed by atoms with Gasteiger partial charge in [0.25, 0.3) is 11.6 Å². The lowest BCUT2D eigenvalue weighted by molar-refractivity contribution is -0.384. The maximum Gasteiger partial charge on any atom is 0.305 e. The van der Waals surface area contributed by atoms with Crippen LogP contribution in [0.4, 0.5) is 5.69 Å². The van der Waals surface area contributed by atoms with Crippen molar-refractivity contribution >= 4 is 40.1 Å². The van der Waals surface area contributed by atoms with Gasteiger partial charge in [0.05, 0.1) is 17.5 Å². The molecule has 0 bridgehead atoms. The van der Waals surface area contributed by atoms with Gasteiger partial charge in [-0.2, -0.15) is 0 Å². The molecule has 10 heteroatoms. The number of ether oxygens (including phenoxy) is 1. The van der Waals surface area contributed by atoms with Crippen molar-refractivity contribution in [1.82, 2.24) is 14.4 Å². The fourth-order valence-corrected chi connectivity index (χ4v) is 8.00. The number of benzene rings is 2. The Hall–Kier alpha value is -3.43. The molecule has 6 rings (SSSR count). The molecule has 0 spiro atoms. The Balaban J connectivity index is 1.38. The van der Waals surface area contributed by atoms with Gasteiger partial charge in [0, 0.05) is 54.1 Å². The van der Waals surface area contributed by atoms with E-state index in [1.807, 2.05) is 34.9 Å². The SMILES string of the molecule is COC(=O)CCC[C@@H]1[C@H]2CCCN3CCC[C@@H](CN1C(=O)c1cc4ccc(Cl)cc4n1Cc1cccc([N+](=O)[O-])c1)[C@@H]23. The average molecular weight is 593 g/mol. The molecule has 4 heterocycles. The number of methoxy groups -OCH3 is 1. The van der Waals surface area contributed by atoms with Gasteiger partial charge in [0.1, 0.15) is 5.69 Å². The molecule has 3 fully saturated rings. The molecule has 0 aliphatic carbocycles. The molecule has 1 amide bonds. The molecule has 42 heavy (non-hydrogen) atoms. The molecule has 1 aromatic heterocycles. The maximum atomic E-state index is 14.7. The summed E-state index contributed by atoms with van der Waals surface area (Å²) in [5.74, 6) is 0.535. The van der Waals surface area contributed by atoms with E-state index in [1.165, 1.54) is 13.2 Å². The van der Waals surface area contributed by atoms with E-state index in [0.29, 0.717) is 54.5 Å². The molecule has 4 atom stereocenters. The molecule has 0 radical (unpaired) electrons. The van der Waals surface area contributed by atoms with Crippen molar-refractivity contribution in [2.24, 2.45) is 11.8 Å². The Morgan fingerprint density at radius 2 is 1.90 bits per heavy atom. The number of non-ortho nitro benzene ring substituents is 1. The number of likely N-dealkylation sites (tertiary alicyclic amines) is 1. The number of nitro groups is 1. The summed E-state index contributed by atoms with van der Waals surface area (Å²) in [6.07, 6.45) is 6.22. The van der Waals surface area contributed by atoms with Crippen LogP contribution in [0.1, 0.15) is 61.0 Å². The van der Waals surface area contributed by atoms with Gasteiger partial charge in [-0.05, 0) is 87.2 Å². The predicted molar refractivity (Wildman–Crippen MR) is 161 cm³/mol. The van der Waals surface area contributed by atoms with Gasteiger partial charge in [-0.1, -0.05) is 29.8 Å². The van der Waals surface area contributed by atoms with Crippen molar-refractivity contribution in [3.63, 3.8) is 0 Å². The van der Waals surface area contributed by atoms with Gasteiger partial charge in [0.2, 0.25) is 0 Å². The normalized spacial score (nSPS) is 23.9. The van der Waals surface area contributed by atoms with Gasteiger partial charge in [-0.15, -0.1) is 0 Å². The second-order valence-electron chi connectivity index (χ2n) is 12.0. The number of nitrogens with zero attached hydrogens (tertiary/aromatic N) is 4. The lowest BCUT2D eigenvalue weighted by Gasteiger charge is -2.57. The minimum Gasteiger partial charge on any atom is -0.469 e. The third-order valence-electron chi connectivity index (χ3n) is 9.59. The summed E-state index contributed by atoms with van der Waals surface area (Å²) in [5, 5.41) is 12.9.